The zero-order valence-electron chi connectivity index (χ0n) is 9.62. The number of Topliss-reactive ketones (excluding diaryl/α,β-unsaturated/α-hetero) is 1. The maximum absolute atomic E-state index is 11.1. The zero-order chi connectivity index (χ0) is 12.5. The molecule has 0 aliphatic heterocycles. The number of benzene rings is 1. The molecule has 0 saturated heterocycles. The minimum Gasteiger partial charge on any atom is -0.330 e. The number of rotatable bonds is 2. The van der Waals surface area contributed by atoms with Crippen molar-refractivity contribution in [3.63, 3.8) is 0 Å². The predicted octanol–water partition coefficient (Wildman–Crippen LogP) is 2.49. The molecule has 0 N–H and O–H groups in total. The zero-order valence-corrected chi connectivity index (χ0v) is 9.62. The standard InChI is InChI=1S/C13H9N3O2/c1-8(17)13-15-12(16-18-13)11-7-6-9-4-2-3-5-10(9)14-11/h2-7H,1H3. The Morgan fingerprint density at radius 1 is 1.11 bits per heavy atom. The number of aromatic nitrogens is 3. The highest BCUT2D eigenvalue weighted by molar-refractivity contribution is 5.89. The Balaban J connectivity index is 2.10. The summed E-state index contributed by atoms with van der Waals surface area (Å²) in [6, 6.07) is 11.5. The van der Waals surface area contributed by atoms with E-state index in [2.05, 4.69) is 15.1 Å². The van der Waals surface area contributed by atoms with Crippen molar-refractivity contribution in [3.05, 3.63) is 42.3 Å². The summed E-state index contributed by atoms with van der Waals surface area (Å²) in [6.45, 7) is 1.38. The Kier molecular flexibility index (Phi) is 2.37. The van der Waals surface area contributed by atoms with Crippen LogP contribution in [0.3, 0.4) is 0 Å². The van der Waals surface area contributed by atoms with Crippen LogP contribution < -0.4 is 0 Å². The molecule has 0 spiro atoms. The van der Waals surface area contributed by atoms with Gasteiger partial charge >= 0.3 is 0 Å². The van der Waals surface area contributed by atoms with Crippen LogP contribution >= 0.6 is 0 Å². The van der Waals surface area contributed by atoms with Crippen LogP contribution in [-0.2, 0) is 0 Å². The molecule has 0 amide bonds. The van der Waals surface area contributed by atoms with Gasteiger partial charge in [0.1, 0.15) is 5.69 Å². The number of nitrogens with zero attached hydrogens (tertiary/aromatic N) is 3. The topological polar surface area (TPSA) is 68.9 Å². The van der Waals surface area contributed by atoms with Crippen LogP contribution in [-0.4, -0.2) is 20.9 Å². The lowest BCUT2D eigenvalue weighted by atomic mass is 10.2. The molecular weight excluding hydrogens is 230 g/mol. The molecule has 0 unspecified atom stereocenters. The smallest absolute Gasteiger partial charge is 0.294 e. The molecule has 88 valence electrons. The Labute approximate surface area is 102 Å². The number of carbonyl (C=O) groups is 1. The van der Waals surface area contributed by atoms with E-state index in [4.69, 9.17) is 4.52 Å². The van der Waals surface area contributed by atoms with Gasteiger partial charge in [0, 0.05) is 12.3 Å². The summed E-state index contributed by atoms with van der Waals surface area (Å²) in [4.78, 5) is 19.5. The first-order valence-electron chi connectivity index (χ1n) is 5.45. The van der Waals surface area contributed by atoms with Crippen LogP contribution in [0.1, 0.15) is 17.6 Å². The summed E-state index contributed by atoms with van der Waals surface area (Å²) < 4.78 is 4.84. The first-order chi connectivity index (χ1) is 8.74. The molecule has 0 aliphatic rings. The van der Waals surface area contributed by atoms with Gasteiger partial charge in [0.25, 0.3) is 5.89 Å². The molecule has 18 heavy (non-hydrogen) atoms. The third kappa shape index (κ3) is 1.75. The van der Waals surface area contributed by atoms with Crippen LogP contribution in [0.4, 0.5) is 0 Å². The van der Waals surface area contributed by atoms with Gasteiger partial charge in [-0.25, -0.2) is 4.98 Å². The second kappa shape index (κ2) is 4.03. The Morgan fingerprint density at radius 2 is 1.94 bits per heavy atom. The van der Waals surface area contributed by atoms with Gasteiger partial charge in [0.15, 0.2) is 0 Å². The molecule has 0 radical (unpaired) electrons. The molecule has 0 saturated carbocycles. The minimum absolute atomic E-state index is 0.0000383. The summed E-state index contributed by atoms with van der Waals surface area (Å²) in [5, 5.41) is 4.78. The van der Waals surface area contributed by atoms with Crippen molar-refractivity contribution in [2.45, 2.75) is 6.92 Å². The average Bonchev–Trinajstić information content (AvgIpc) is 2.88. The third-order valence-electron chi connectivity index (χ3n) is 2.55. The Bertz CT molecular complexity index is 734. The lowest BCUT2D eigenvalue weighted by Gasteiger charge is -1.98. The third-order valence-corrected chi connectivity index (χ3v) is 2.55. The minimum atomic E-state index is -0.255. The van der Waals surface area contributed by atoms with Crippen molar-refractivity contribution in [1.29, 1.82) is 0 Å². The van der Waals surface area contributed by atoms with Crippen molar-refractivity contribution >= 4 is 16.7 Å². The van der Waals surface area contributed by atoms with Crippen LogP contribution in [0.2, 0.25) is 0 Å². The van der Waals surface area contributed by atoms with Gasteiger partial charge in [-0.2, -0.15) is 4.98 Å². The maximum Gasteiger partial charge on any atom is 0.294 e. The molecule has 1 aromatic carbocycles. The number of fused-ring (bicyclic) bond motifs is 1. The van der Waals surface area contributed by atoms with E-state index in [9.17, 15) is 4.79 Å². The summed E-state index contributed by atoms with van der Waals surface area (Å²) in [6.07, 6.45) is 0. The fourth-order valence-electron chi connectivity index (χ4n) is 1.66. The van der Waals surface area contributed by atoms with Crippen molar-refractivity contribution in [2.24, 2.45) is 0 Å². The Morgan fingerprint density at radius 3 is 2.72 bits per heavy atom. The van der Waals surface area contributed by atoms with E-state index in [1.807, 2.05) is 30.3 Å². The van der Waals surface area contributed by atoms with Gasteiger partial charge < -0.3 is 4.52 Å². The molecule has 0 atom stereocenters. The number of ketones is 1. The highest BCUT2D eigenvalue weighted by Crippen LogP contribution is 2.18. The molecule has 0 fully saturated rings. The second-order valence-corrected chi connectivity index (χ2v) is 3.87. The quantitative estimate of drug-likeness (QED) is 0.642. The molecule has 2 aromatic heterocycles. The van der Waals surface area contributed by atoms with Crippen LogP contribution in [0, 0.1) is 0 Å². The van der Waals surface area contributed by atoms with E-state index < -0.39 is 0 Å². The molecule has 3 rings (SSSR count). The monoisotopic (exact) mass is 239 g/mol. The van der Waals surface area contributed by atoms with Crippen LogP contribution in [0.5, 0.6) is 0 Å². The van der Waals surface area contributed by atoms with E-state index in [1.165, 1.54) is 6.92 Å². The normalized spacial score (nSPS) is 10.7. The van der Waals surface area contributed by atoms with Crippen molar-refractivity contribution in [1.82, 2.24) is 15.1 Å². The van der Waals surface area contributed by atoms with Crippen molar-refractivity contribution in [3.8, 4) is 11.5 Å². The molecule has 3 aromatic rings. The number of para-hydroxylation sites is 1. The van der Waals surface area contributed by atoms with Gasteiger partial charge in [-0.15, -0.1) is 0 Å². The Hall–Kier alpha value is -2.56. The highest BCUT2D eigenvalue weighted by Gasteiger charge is 2.13. The maximum atomic E-state index is 11.1. The van der Waals surface area contributed by atoms with Gasteiger partial charge in [-0.05, 0) is 12.1 Å². The van der Waals surface area contributed by atoms with Crippen molar-refractivity contribution < 1.29 is 9.32 Å². The van der Waals surface area contributed by atoms with Gasteiger partial charge in [0.2, 0.25) is 11.6 Å². The van der Waals surface area contributed by atoms with Gasteiger partial charge in [-0.3, -0.25) is 4.79 Å². The van der Waals surface area contributed by atoms with Gasteiger partial charge in [-0.1, -0.05) is 29.4 Å². The number of hydrogen-bond donors (Lipinski definition) is 0. The molecule has 0 aliphatic carbocycles. The number of pyridine rings is 1. The average molecular weight is 239 g/mol. The molecule has 5 heteroatoms. The summed E-state index contributed by atoms with van der Waals surface area (Å²) in [7, 11) is 0. The van der Waals surface area contributed by atoms with Crippen molar-refractivity contribution in [2.75, 3.05) is 0 Å². The fraction of sp³-hybridized carbons (Fsp3) is 0.0769. The molecule has 0 bridgehead atoms. The largest absolute Gasteiger partial charge is 0.330 e. The number of carbonyl (C=O) groups excluding carboxylic acids is 1. The number of hydrogen-bond acceptors (Lipinski definition) is 5. The highest BCUT2D eigenvalue weighted by atomic mass is 16.5. The first kappa shape index (κ1) is 10.6. The summed E-state index contributed by atoms with van der Waals surface area (Å²) >= 11 is 0. The fourth-order valence-corrected chi connectivity index (χ4v) is 1.66. The van der Waals surface area contributed by atoms with E-state index in [-0.39, 0.29) is 11.7 Å². The summed E-state index contributed by atoms with van der Waals surface area (Å²) in [5.74, 6) is 0.0699. The molecule has 2 heterocycles. The van der Waals surface area contributed by atoms with E-state index in [1.54, 1.807) is 6.07 Å². The molecule has 5 nitrogen and oxygen atoms in total. The van der Waals surface area contributed by atoms with E-state index in [0.717, 1.165) is 10.9 Å². The van der Waals surface area contributed by atoms with Gasteiger partial charge in [0.05, 0.1) is 5.52 Å². The lowest BCUT2D eigenvalue weighted by molar-refractivity contribution is 0.0972. The second-order valence-electron chi connectivity index (χ2n) is 3.87. The summed E-state index contributed by atoms with van der Waals surface area (Å²) in [5.41, 5.74) is 1.44. The first-order valence-corrected chi connectivity index (χ1v) is 5.45. The lowest BCUT2D eigenvalue weighted by Crippen LogP contribution is -1.92. The van der Waals surface area contributed by atoms with Crippen LogP contribution in [0.15, 0.2) is 40.9 Å². The van der Waals surface area contributed by atoms with Crippen LogP contribution in [0.25, 0.3) is 22.4 Å². The van der Waals surface area contributed by atoms with E-state index >= 15 is 0 Å². The van der Waals surface area contributed by atoms with E-state index in [0.29, 0.717) is 11.5 Å². The molecular formula is C13H9N3O2. The SMILES string of the molecule is CC(=O)c1nc(-c2ccc3ccccc3n2)no1. The predicted molar refractivity (Wildman–Crippen MR) is 65.0 cm³/mol.